The number of hydrogen-bond acceptors (Lipinski definition) is 4. The Bertz CT molecular complexity index is 705. The van der Waals surface area contributed by atoms with E-state index in [1.165, 1.54) is 22.3 Å². The molecule has 0 aromatic heterocycles. The van der Waals surface area contributed by atoms with Gasteiger partial charge in [0.25, 0.3) is 0 Å². The van der Waals surface area contributed by atoms with Crippen LogP contribution in [-0.2, 0) is 11.2 Å². The Balaban J connectivity index is 1.70. The van der Waals surface area contributed by atoms with E-state index in [0.29, 0.717) is 12.8 Å². The standard InChI is InChI=1S/C19H23NO3/c1-12-10-20-5-4-14-8-18-19(23-11-22-18)9-16(14)17(20)7-15(12)6-13(2)21-3/h6,8-9,17H,4-5,7,10-11H2,1-3H3. The quantitative estimate of drug-likeness (QED) is 0.781. The van der Waals surface area contributed by atoms with Gasteiger partial charge in [-0.2, -0.15) is 0 Å². The molecule has 1 atom stereocenters. The molecule has 0 bridgehead atoms. The molecule has 0 aliphatic carbocycles. The molecule has 1 aromatic carbocycles. The van der Waals surface area contributed by atoms with E-state index in [9.17, 15) is 0 Å². The second-order valence-corrected chi connectivity index (χ2v) is 6.61. The normalized spacial score (nSPS) is 23.6. The van der Waals surface area contributed by atoms with Gasteiger partial charge in [0.1, 0.15) is 0 Å². The second kappa shape index (κ2) is 5.60. The van der Waals surface area contributed by atoms with Crippen molar-refractivity contribution < 1.29 is 14.2 Å². The van der Waals surface area contributed by atoms with Gasteiger partial charge in [0.05, 0.1) is 12.9 Å². The Morgan fingerprint density at radius 1 is 1.30 bits per heavy atom. The smallest absolute Gasteiger partial charge is 0.231 e. The number of nitrogens with zero attached hydrogens (tertiary/aromatic N) is 1. The van der Waals surface area contributed by atoms with Crippen molar-refractivity contribution >= 4 is 0 Å². The molecule has 0 saturated carbocycles. The number of benzene rings is 1. The van der Waals surface area contributed by atoms with Gasteiger partial charge in [-0.05, 0) is 61.6 Å². The lowest BCUT2D eigenvalue weighted by Gasteiger charge is -2.41. The van der Waals surface area contributed by atoms with Crippen molar-refractivity contribution in [2.75, 3.05) is 27.0 Å². The highest BCUT2D eigenvalue weighted by Crippen LogP contribution is 2.44. The molecule has 0 amide bonds. The van der Waals surface area contributed by atoms with Crippen LogP contribution in [0.5, 0.6) is 11.5 Å². The minimum atomic E-state index is 0.340. The minimum absolute atomic E-state index is 0.340. The highest BCUT2D eigenvalue weighted by atomic mass is 16.7. The first-order chi connectivity index (χ1) is 11.2. The van der Waals surface area contributed by atoms with Gasteiger partial charge >= 0.3 is 0 Å². The summed E-state index contributed by atoms with van der Waals surface area (Å²) in [6.45, 7) is 6.72. The van der Waals surface area contributed by atoms with Crippen LogP contribution in [0.4, 0.5) is 0 Å². The fraction of sp³-hybridized carbons (Fsp3) is 0.474. The van der Waals surface area contributed by atoms with E-state index >= 15 is 0 Å². The first kappa shape index (κ1) is 14.6. The highest BCUT2D eigenvalue weighted by molar-refractivity contribution is 5.51. The Morgan fingerprint density at radius 2 is 2.09 bits per heavy atom. The molecule has 4 nitrogen and oxygen atoms in total. The van der Waals surface area contributed by atoms with Gasteiger partial charge in [-0.15, -0.1) is 0 Å². The lowest BCUT2D eigenvalue weighted by Crippen LogP contribution is -2.39. The van der Waals surface area contributed by atoms with Gasteiger partial charge in [0.2, 0.25) is 6.79 Å². The van der Waals surface area contributed by atoms with Gasteiger partial charge in [-0.1, -0.05) is 5.57 Å². The van der Waals surface area contributed by atoms with Crippen LogP contribution >= 0.6 is 0 Å². The van der Waals surface area contributed by atoms with Crippen LogP contribution in [0.15, 0.2) is 35.1 Å². The van der Waals surface area contributed by atoms with Crippen molar-refractivity contribution in [3.05, 3.63) is 46.2 Å². The van der Waals surface area contributed by atoms with Crippen molar-refractivity contribution in [2.45, 2.75) is 32.7 Å². The van der Waals surface area contributed by atoms with Crippen LogP contribution in [0.2, 0.25) is 0 Å². The predicted octanol–water partition coefficient (Wildman–Crippen LogP) is 3.58. The maximum atomic E-state index is 5.59. The molecule has 0 saturated heterocycles. The number of hydrogen-bond donors (Lipinski definition) is 0. The molecule has 0 fully saturated rings. The van der Waals surface area contributed by atoms with E-state index in [2.05, 4.69) is 30.0 Å². The van der Waals surface area contributed by atoms with E-state index in [1.54, 1.807) is 7.11 Å². The average Bonchev–Trinajstić information content (AvgIpc) is 3.01. The van der Waals surface area contributed by atoms with Crippen LogP contribution in [0.25, 0.3) is 0 Å². The number of fused-ring (bicyclic) bond motifs is 4. The largest absolute Gasteiger partial charge is 0.501 e. The maximum Gasteiger partial charge on any atom is 0.231 e. The van der Waals surface area contributed by atoms with Crippen molar-refractivity contribution in [3.63, 3.8) is 0 Å². The Labute approximate surface area is 137 Å². The highest BCUT2D eigenvalue weighted by Gasteiger charge is 2.33. The molecule has 1 aromatic rings. The van der Waals surface area contributed by atoms with Crippen LogP contribution in [0, 0.1) is 0 Å². The summed E-state index contributed by atoms with van der Waals surface area (Å²) < 4.78 is 16.5. The van der Waals surface area contributed by atoms with E-state index in [4.69, 9.17) is 14.2 Å². The summed E-state index contributed by atoms with van der Waals surface area (Å²) in [5, 5.41) is 0. The third-order valence-electron chi connectivity index (χ3n) is 5.20. The molecule has 0 N–H and O–H groups in total. The summed E-state index contributed by atoms with van der Waals surface area (Å²) in [5.74, 6) is 2.76. The van der Waals surface area contributed by atoms with E-state index < -0.39 is 0 Å². The molecule has 3 aliphatic rings. The Kier molecular flexibility index (Phi) is 3.57. The van der Waals surface area contributed by atoms with Crippen molar-refractivity contribution in [3.8, 4) is 11.5 Å². The van der Waals surface area contributed by atoms with E-state index in [-0.39, 0.29) is 0 Å². The first-order valence-corrected chi connectivity index (χ1v) is 8.23. The summed E-state index contributed by atoms with van der Waals surface area (Å²) in [6, 6.07) is 4.79. The van der Waals surface area contributed by atoms with Crippen molar-refractivity contribution in [2.24, 2.45) is 0 Å². The number of rotatable bonds is 2. The molecule has 3 heterocycles. The third kappa shape index (κ3) is 2.51. The van der Waals surface area contributed by atoms with Gasteiger partial charge in [-0.25, -0.2) is 0 Å². The van der Waals surface area contributed by atoms with E-state index in [0.717, 1.165) is 43.2 Å². The number of methoxy groups -OCH3 is 1. The molecular formula is C19H23NO3. The Hall–Kier alpha value is -1.94. The molecule has 0 radical (unpaired) electrons. The molecule has 4 heteroatoms. The topological polar surface area (TPSA) is 30.9 Å². The third-order valence-corrected chi connectivity index (χ3v) is 5.20. The lowest BCUT2D eigenvalue weighted by atomic mass is 9.84. The molecule has 4 rings (SSSR count). The fourth-order valence-electron chi connectivity index (χ4n) is 3.85. The molecule has 122 valence electrons. The van der Waals surface area contributed by atoms with Gasteiger partial charge in [0, 0.05) is 19.1 Å². The molecule has 23 heavy (non-hydrogen) atoms. The molecule has 1 unspecified atom stereocenters. The average molecular weight is 313 g/mol. The van der Waals surface area contributed by atoms with Gasteiger partial charge in [0.15, 0.2) is 11.5 Å². The first-order valence-electron chi connectivity index (χ1n) is 8.23. The maximum absolute atomic E-state index is 5.59. The number of ether oxygens (including phenoxy) is 3. The van der Waals surface area contributed by atoms with Crippen molar-refractivity contribution in [1.29, 1.82) is 0 Å². The zero-order chi connectivity index (χ0) is 16.0. The monoisotopic (exact) mass is 313 g/mol. The molecule has 3 aliphatic heterocycles. The summed E-state index contributed by atoms with van der Waals surface area (Å²) in [6.07, 6.45) is 4.30. The second-order valence-electron chi connectivity index (χ2n) is 6.61. The lowest BCUT2D eigenvalue weighted by molar-refractivity contribution is 0.173. The predicted molar refractivity (Wildman–Crippen MR) is 88.7 cm³/mol. The minimum Gasteiger partial charge on any atom is -0.501 e. The zero-order valence-electron chi connectivity index (χ0n) is 14.0. The Morgan fingerprint density at radius 3 is 2.87 bits per heavy atom. The summed E-state index contributed by atoms with van der Waals surface area (Å²) in [5.41, 5.74) is 5.65. The van der Waals surface area contributed by atoms with Crippen LogP contribution in [-0.4, -0.2) is 31.9 Å². The fourth-order valence-corrected chi connectivity index (χ4v) is 3.85. The molecule has 0 spiro atoms. The van der Waals surface area contributed by atoms with Crippen molar-refractivity contribution in [1.82, 2.24) is 4.90 Å². The molecular weight excluding hydrogens is 290 g/mol. The van der Waals surface area contributed by atoms with Gasteiger partial charge < -0.3 is 14.2 Å². The van der Waals surface area contributed by atoms with Crippen LogP contribution < -0.4 is 9.47 Å². The van der Waals surface area contributed by atoms with E-state index in [1.807, 2.05) is 6.92 Å². The van der Waals surface area contributed by atoms with Gasteiger partial charge in [-0.3, -0.25) is 4.90 Å². The summed E-state index contributed by atoms with van der Waals surface area (Å²) in [4.78, 5) is 2.58. The van der Waals surface area contributed by atoms with Crippen LogP contribution in [0.3, 0.4) is 0 Å². The summed E-state index contributed by atoms with van der Waals surface area (Å²) in [7, 11) is 1.73. The number of allylic oxidation sites excluding steroid dienone is 2. The summed E-state index contributed by atoms with van der Waals surface area (Å²) >= 11 is 0. The van der Waals surface area contributed by atoms with Crippen LogP contribution in [0.1, 0.15) is 37.4 Å². The SMILES string of the molecule is COC(C)=CC1=C(C)CN2CCc3cc4c(cc3C2C1)OCO4. The zero-order valence-corrected chi connectivity index (χ0v) is 14.0.